The second kappa shape index (κ2) is 15.7. The lowest BCUT2D eigenvalue weighted by atomic mass is 10.2. The quantitative estimate of drug-likeness (QED) is 0.0506. The molecule has 2 aliphatic rings. The van der Waals surface area contributed by atoms with Gasteiger partial charge in [-0.25, -0.2) is 0 Å². The van der Waals surface area contributed by atoms with Crippen molar-refractivity contribution in [3.63, 3.8) is 0 Å². The molecule has 0 bridgehead atoms. The molecule has 1 aliphatic carbocycles. The maximum Gasteiger partial charge on any atom is 0.207 e. The molecule has 12 nitrogen and oxygen atoms in total. The number of nitrogens with zero attached hydrogens (tertiary/aromatic N) is 1. The molecule has 0 atom stereocenters. The van der Waals surface area contributed by atoms with E-state index in [0.717, 1.165) is 39.3 Å². The van der Waals surface area contributed by atoms with Gasteiger partial charge in [0.2, 0.25) is 5.88 Å². The zero-order chi connectivity index (χ0) is 31.6. The van der Waals surface area contributed by atoms with Gasteiger partial charge in [0.05, 0.1) is 50.2 Å². The van der Waals surface area contributed by atoms with Gasteiger partial charge in [-0.3, -0.25) is 14.8 Å². The zero-order valence-electron chi connectivity index (χ0n) is 25.4. The van der Waals surface area contributed by atoms with E-state index in [0.29, 0.717) is 74.8 Å². The summed E-state index contributed by atoms with van der Waals surface area (Å²) in [5.41, 5.74) is 2.81. The van der Waals surface area contributed by atoms with Gasteiger partial charge in [-0.05, 0) is 42.6 Å². The predicted octanol–water partition coefficient (Wildman–Crippen LogP) is 5.46. The maximum absolute atomic E-state index is 9.91. The van der Waals surface area contributed by atoms with E-state index < -0.39 is 0 Å². The Morgan fingerprint density at radius 3 is 2.44 bits per heavy atom. The van der Waals surface area contributed by atoms with Crippen LogP contribution >= 0.6 is 11.8 Å². The van der Waals surface area contributed by atoms with Gasteiger partial charge in [0.25, 0.3) is 0 Å². The van der Waals surface area contributed by atoms with Crippen LogP contribution in [0.1, 0.15) is 13.3 Å². The minimum absolute atomic E-state index is 0.0240. The molecule has 242 valence electrons. The summed E-state index contributed by atoms with van der Waals surface area (Å²) in [4.78, 5) is 0.623. The summed E-state index contributed by atoms with van der Waals surface area (Å²) in [6.45, 7) is 5.16. The highest BCUT2D eigenvalue weighted by Gasteiger charge is 2.20. The minimum atomic E-state index is 0.0240. The zero-order valence-corrected chi connectivity index (χ0v) is 26.2. The summed E-state index contributed by atoms with van der Waals surface area (Å²) in [5, 5.41) is 40.6. The number of benzene rings is 2. The smallest absolute Gasteiger partial charge is 0.207 e. The highest BCUT2D eigenvalue weighted by atomic mass is 32.2. The van der Waals surface area contributed by atoms with Gasteiger partial charge in [0, 0.05) is 54.6 Å². The Labute approximate surface area is 265 Å². The van der Waals surface area contributed by atoms with Gasteiger partial charge in [0.1, 0.15) is 18.2 Å². The molecular weight excluding hydrogens is 600 g/mol. The van der Waals surface area contributed by atoms with E-state index in [1.807, 2.05) is 43.3 Å². The molecule has 0 fully saturated rings. The Bertz CT molecular complexity index is 1630. The number of hydrogen-bond acceptors (Lipinski definition) is 10. The van der Waals surface area contributed by atoms with E-state index in [1.54, 1.807) is 7.05 Å². The van der Waals surface area contributed by atoms with Gasteiger partial charge < -0.3 is 44.3 Å². The van der Waals surface area contributed by atoms with E-state index >= 15 is 0 Å². The highest BCUT2D eigenvalue weighted by molar-refractivity contribution is 7.99. The third-order valence-electron chi connectivity index (χ3n) is 7.00. The molecule has 6 N–H and O–H groups in total. The van der Waals surface area contributed by atoms with Crippen molar-refractivity contribution < 1.29 is 39.0 Å². The number of nitrogens with one attached hydrogen (secondary N) is 3. The number of rotatable bonds is 19. The number of ether oxygens (including phenoxy) is 5. The molecule has 0 saturated carbocycles. The molecule has 0 saturated heterocycles. The fourth-order valence-corrected chi connectivity index (χ4v) is 5.63. The van der Waals surface area contributed by atoms with Crippen molar-refractivity contribution in [1.29, 1.82) is 0 Å². The van der Waals surface area contributed by atoms with Crippen LogP contribution in [0.15, 0.2) is 53.4 Å². The van der Waals surface area contributed by atoms with Crippen molar-refractivity contribution in [2.75, 3.05) is 63.9 Å². The number of fused-ring (bicyclic) bond motifs is 3. The molecule has 3 aromatic rings. The van der Waals surface area contributed by atoms with Crippen LogP contribution in [-0.4, -0.2) is 88.7 Å². The number of hydrogen-bond donors (Lipinski definition) is 6. The molecule has 0 radical (unpaired) electrons. The maximum atomic E-state index is 9.91. The lowest BCUT2D eigenvalue weighted by Gasteiger charge is -2.12. The minimum Gasteiger partial charge on any atom is -0.494 e. The van der Waals surface area contributed by atoms with Gasteiger partial charge >= 0.3 is 0 Å². The van der Waals surface area contributed by atoms with Crippen molar-refractivity contribution in [1.82, 2.24) is 14.8 Å². The Morgan fingerprint density at radius 1 is 0.867 bits per heavy atom. The fourth-order valence-electron chi connectivity index (χ4n) is 4.75. The van der Waals surface area contributed by atoms with Gasteiger partial charge in [-0.2, -0.15) is 0 Å². The molecule has 0 unspecified atom stereocenters. The topological polar surface area (TPSA) is 155 Å². The summed E-state index contributed by atoms with van der Waals surface area (Å²) in [6.07, 6.45) is 0.548. The summed E-state index contributed by atoms with van der Waals surface area (Å²) >= 11 is 1.42. The molecule has 0 spiro atoms. The van der Waals surface area contributed by atoms with E-state index in [4.69, 9.17) is 28.8 Å². The van der Waals surface area contributed by atoms with Crippen LogP contribution in [0.2, 0.25) is 0 Å². The third kappa shape index (κ3) is 8.11. The van der Waals surface area contributed by atoms with Crippen LogP contribution in [0, 0.1) is 0 Å². The lowest BCUT2D eigenvalue weighted by molar-refractivity contribution is 0.0412. The number of thioether (sulfide) groups is 1. The average Bonchev–Trinajstić information content (AvgIpc) is 3.67. The molecule has 5 rings (SSSR count). The van der Waals surface area contributed by atoms with Crippen molar-refractivity contribution >= 4 is 34.0 Å². The monoisotopic (exact) mass is 640 g/mol. The molecular formula is C32H40N4O8S. The van der Waals surface area contributed by atoms with Crippen LogP contribution in [0.3, 0.4) is 0 Å². The first-order chi connectivity index (χ1) is 22.0. The average molecular weight is 641 g/mol. The van der Waals surface area contributed by atoms with Crippen molar-refractivity contribution in [3.05, 3.63) is 48.5 Å². The lowest BCUT2D eigenvalue weighted by Crippen LogP contribution is -2.11. The molecule has 13 heteroatoms. The number of H-pyrrole nitrogens is 2. The number of aliphatic hydroxyl groups excluding tert-OH is 1. The Morgan fingerprint density at radius 2 is 1.67 bits per heavy atom. The first kappa shape index (κ1) is 32.2. The van der Waals surface area contributed by atoms with Gasteiger partial charge in [-0.1, -0.05) is 6.07 Å². The van der Waals surface area contributed by atoms with Gasteiger partial charge in [-0.15, -0.1) is 11.8 Å². The first-order valence-corrected chi connectivity index (χ1v) is 15.9. The van der Waals surface area contributed by atoms with Crippen LogP contribution in [0.25, 0.3) is 22.0 Å². The summed E-state index contributed by atoms with van der Waals surface area (Å²) in [5.74, 6) is 3.59. The van der Waals surface area contributed by atoms with E-state index in [2.05, 4.69) is 21.6 Å². The fraction of sp³-hybridized carbons (Fsp3) is 0.375. The van der Waals surface area contributed by atoms with Crippen molar-refractivity contribution in [2.24, 2.45) is 7.05 Å². The van der Waals surface area contributed by atoms with Crippen LogP contribution in [0.4, 0.5) is 11.5 Å². The second-order valence-electron chi connectivity index (χ2n) is 10.1. The second-order valence-corrected chi connectivity index (χ2v) is 11.3. The van der Waals surface area contributed by atoms with E-state index in [1.165, 1.54) is 22.4 Å². The molecule has 2 heterocycles. The number of aromatic amines is 2. The summed E-state index contributed by atoms with van der Waals surface area (Å²) in [6, 6.07) is 15.3. The Kier molecular flexibility index (Phi) is 11.3. The van der Waals surface area contributed by atoms with Crippen molar-refractivity contribution in [2.45, 2.75) is 18.2 Å². The normalized spacial score (nSPS) is 11.4. The number of aromatic nitrogens is 3. The van der Waals surface area contributed by atoms with Crippen LogP contribution in [-0.2, 0) is 16.5 Å². The summed E-state index contributed by atoms with van der Waals surface area (Å²) in [7, 11) is 1.60. The standard InChI is InChI=1S/C32H40N4O8S/c1-3-42-26-17-21-16-25-30(24(21)19-27(26)44-9-5-8-37)34-35-31(25)33-22-6-4-7-23(18-22)43-13-12-40-10-11-41-14-15-45-28-20-29(38)36(2)32(28)39/h4,6-7,16-20,33-35,37-39H,3,5,8-15H2,1-2H3. The molecule has 0 amide bonds. The highest BCUT2D eigenvalue weighted by Crippen LogP contribution is 2.43. The SMILES string of the molecule is CCOc1cc2cc3c(Nc4cccc(OCCOCCOCCSc5cc(O)n(C)c5O)c4)[nH][nH]c-3c2cc1OCCCO. The summed E-state index contributed by atoms with van der Waals surface area (Å²) < 4.78 is 30.1. The third-order valence-corrected chi connectivity index (χ3v) is 7.98. The predicted molar refractivity (Wildman–Crippen MR) is 174 cm³/mol. The number of aromatic hydroxyl groups is 2. The Balaban J connectivity index is 1.06. The number of anilines is 2. The molecule has 1 aromatic heterocycles. The largest absolute Gasteiger partial charge is 0.494 e. The molecule has 45 heavy (non-hydrogen) atoms. The van der Waals surface area contributed by atoms with Gasteiger partial charge in [0.15, 0.2) is 17.4 Å². The van der Waals surface area contributed by atoms with E-state index in [9.17, 15) is 10.2 Å². The molecule has 1 aliphatic heterocycles. The first-order valence-electron chi connectivity index (χ1n) is 14.9. The van der Waals surface area contributed by atoms with E-state index in [-0.39, 0.29) is 18.4 Å². The van der Waals surface area contributed by atoms with Crippen LogP contribution < -0.4 is 19.5 Å². The number of aliphatic hydroxyl groups is 1. The molecule has 2 aromatic carbocycles. The van der Waals surface area contributed by atoms with Crippen LogP contribution in [0.5, 0.6) is 29.0 Å². The Hall–Kier alpha value is -4.17. The van der Waals surface area contributed by atoms with Crippen molar-refractivity contribution in [3.8, 4) is 40.3 Å².